The van der Waals surface area contributed by atoms with Crippen LogP contribution in [0.4, 0.5) is 0 Å². The lowest BCUT2D eigenvalue weighted by atomic mass is 10.1. The highest BCUT2D eigenvalue weighted by Crippen LogP contribution is 2.26. The maximum Gasteiger partial charge on any atom is 0.325 e. The number of aromatic nitrogens is 2. The first-order valence-corrected chi connectivity index (χ1v) is 8.23. The Morgan fingerprint density at radius 3 is 3.14 bits per heavy atom. The summed E-state index contributed by atoms with van der Waals surface area (Å²) in [6, 6.07) is 0. The van der Waals surface area contributed by atoms with Crippen LogP contribution in [0.2, 0.25) is 0 Å². The van der Waals surface area contributed by atoms with Crippen LogP contribution >= 0.6 is 11.8 Å². The maximum absolute atomic E-state index is 11.6. The van der Waals surface area contributed by atoms with Gasteiger partial charge in [-0.3, -0.25) is 9.59 Å². The fourth-order valence-corrected chi connectivity index (χ4v) is 3.29. The zero-order valence-electron chi connectivity index (χ0n) is 12.9. The number of rotatable bonds is 5. The molecule has 120 valence electrons. The Kier molecular flexibility index (Phi) is 6.21. The van der Waals surface area contributed by atoms with E-state index >= 15 is 0 Å². The van der Waals surface area contributed by atoms with Crippen LogP contribution in [-0.4, -0.2) is 45.6 Å². The molecular formula is C15H21N3O3S. The van der Waals surface area contributed by atoms with Crippen LogP contribution in [0, 0.1) is 0 Å². The molecule has 0 spiro atoms. The number of thioether (sulfide) groups is 1. The Morgan fingerprint density at radius 1 is 1.59 bits per heavy atom. The molecule has 7 heteroatoms. The first kappa shape index (κ1) is 16.8. The van der Waals surface area contributed by atoms with E-state index in [1.165, 1.54) is 11.8 Å². The molecule has 0 aromatic carbocycles. The van der Waals surface area contributed by atoms with E-state index in [-0.39, 0.29) is 22.9 Å². The van der Waals surface area contributed by atoms with E-state index < -0.39 is 0 Å². The number of ether oxygens (including phenoxy) is 1. The molecule has 1 saturated heterocycles. The molecule has 2 heterocycles. The lowest BCUT2D eigenvalue weighted by molar-refractivity contribution is -0.143. The third kappa shape index (κ3) is 4.71. The monoisotopic (exact) mass is 323 g/mol. The van der Waals surface area contributed by atoms with E-state index in [4.69, 9.17) is 4.74 Å². The minimum Gasteiger partial charge on any atom is -0.465 e. The summed E-state index contributed by atoms with van der Waals surface area (Å²) in [4.78, 5) is 27.3. The molecule has 1 fully saturated rings. The summed E-state index contributed by atoms with van der Waals surface area (Å²) >= 11 is 1.36. The molecule has 0 saturated carbocycles. The molecule has 0 bridgehead atoms. The standard InChI is InChI=1S/C15H21N3O3S/c1-3-21-15(20)10-18-7-6-17-14(18)8-12-9-16-5-4-13(12)22-11(2)19/h6-8,13,16H,3-5,9-10H2,1-2H3. The van der Waals surface area contributed by atoms with Crippen LogP contribution < -0.4 is 5.32 Å². The summed E-state index contributed by atoms with van der Waals surface area (Å²) in [6.45, 7) is 5.52. The molecule has 1 aromatic rings. The molecule has 1 aromatic heterocycles. The highest BCUT2D eigenvalue weighted by Gasteiger charge is 2.21. The van der Waals surface area contributed by atoms with Gasteiger partial charge < -0.3 is 14.6 Å². The molecule has 0 amide bonds. The zero-order valence-corrected chi connectivity index (χ0v) is 13.7. The topological polar surface area (TPSA) is 73.2 Å². The molecule has 2 rings (SSSR count). The summed E-state index contributed by atoms with van der Waals surface area (Å²) in [5, 5.41) is 3.60. The normalized spacial score (nSPS) is 20.1. The van der Waals surface area contributed by atoms with Crippen molar-refractivity contribution >= 4 is 28.9 Å². The average Bonchev–Trinajstić information content (AvgIpc) is 2.88. The van der Waals surface area contributed by atoms with Gasteiger partial charge in [0.1, 0.15) is 12.4 Å². The molecule has 0 aliphatic carbocycles. The number of piperidine rings is 1. The van der Waals surface area contributed by atoms with Crippen LogP contribution in [0.1, 0.15) is 26.1 Å². The summed E-state index contributed by atoms with van der Waals surface area (Å²) in [5.74, 6) is 0.428. The second-order valence-electron chi connectivity index (χ2n) is 5.00. The third-order valence-electron chi connectivity index (χ3n) is 3.30. The van der Waals surface area contributed by atoms with Crippen LogP contribution in [0.25, 0.3) is 6.08 Å². The molecule has 1 unspecified atom stereocenters. The summed E-state index contributed by atoms with van der Waals surface area (Å²) in [7, 11) is 0. The molecular weight excluding hydrogens is 302 g/mol. The van der Waals surface area contributed by atoms with Crippen LogP contribution in [0.5, 0.6) is 0 Å². The largest absolute Gasteiger partial charge is 0.465 e. The van der Waals surface area contributed by atoms with E-state index in [1.54, 1.807) is 30.8 Å². The SMILES string of the molecule is CCOC(=O)Cn1ccnc1C=C1CNCCC1SC(C)=O. The van der Waals surface area contributed by atoms with Crippen molar-refractivity contribution in [3.8, 4) is 0 Å². The van der Waals surface area contributed by atoms with Gasteiger partial charge in [-0.05, 0) is 31.5 Å². The minimum atomic E-state index is -0.281. The van der Waals surface area contributed by atoms with E-state index in [9.17, 15) is 9.59 Å². The maximum atomic E-state index is 11.6. The van der Waals surface area contributed by atoms with E-state index in [0.717, 1.165) is 25.1 Å². The summed E-state index contributed by atoms with van der Waals surface area (Å²) in [5.41, 5.74) is 1.13. The van der Waals surface area contributed by atoms with Crippen molar-refractivity contribution in [1.29, 1.82) is 0 Å². The quantitative estimate of drug-likeness (QED) is 0.827. The second-order valence-corrected chi connectivity index (χ2v) is 6.38. The smallest absolute Gasteiger partial charge is 0.325 e. The predicted molar refractivity (Wildman–Crippen MR) is 86.4 cm³/mol. The number of nitrogens with one attached hydrogen (secondary N) is 1. The van der Waals surface area contributed by atoms with Gasteiger partial charge in [0.05, 0.1) is 6.61 Å². The van der Waals surface area contributed by atoms with Crippen LogP contribution in [0.15, 0.2) is 18.0 Å². The van der Waals surface area contributed by atoms with Crippen LogP contribution in [-0.2, 0) is 20.9 Å². The number of esters is 1. The van der Waals surface area contributed by atoms with Gasteiger partial charge in [-0.2, -0.15) is 0 Å². The number of carbonyl (C=O) groups excluding carboxylic acids is 2. The Balaban J connectivity index is 2.14. The lowest BCUT2D eigenvalue weighted by Gasteiger charge is -2.24. The molecule has 1 atom stereocenters. The number of nitrogens with zero attached hydrogens (tertiary/aromatic N) is 2. The van der Waals surface area contributed by atoms with Gasteiger partial charge in [-0.25, -0.2) is 4.98 Å². The Bertz CT molecular complexity index is 568. The molecule has 1 N–H and O–H groups in total. The van der Waals surface area contributed by atoms with Gasteiger partial charge >= 0.3 is 5.97 Å². The predicted octanol–water partition coefficient (Wildman–Crippen LogP) is 1.47. The van der Waals surface area contributed by atoms with Gasteiger partial charge in [0, 0.05) is 31.1 Å². The van der Waals surface area contributed by atoms with Crippen molar-refractivity contribution < 1.29 is 14.3 Å². The lowest BCUT2D eigenvalue weighted by Crippen LogP contribution is -2.32. The highest BCUT2D eigenvalue weighted by atomic mass is 32.2. The Hall–Kier alpha value is -1.60. The third-order valence-corrected chi connectivity index (χ3v) is 4.46. The van der Waals surface area contributed by atoms with Crippen molar-refractivity contribution in [2.24, 2.45) is 0 Å². The van der Waals surface area contributed by atoms with Gasteiger partial charge in [0.2, 0.25) is 0 Å². The fraction of sp³-hybridized carbons (Fsp3) is 0.533. The minimum absolute atomic E-state index is 0.118. The molecule has 6 nitrogen and oxygen atoms in total. The second kappa shape index (κ2) is 8.14. The number of imidazole rings is 1. The summed E-state index contributed by atoms with van der Waals surface area (Å²) in [6.07, 6.45) is 6.29. The number of hydrogen-bond donors (Lipinski definition) is 1. The highest BCUT2D eigenvalue weighted by molar-refractivity contribution is 8.14. The molecule has 1 aliphatic rings. The molecule has 0 radical (unpaired) electrons. The van der Waals surface area contributed by atoms with Gasteiger partial charge in [0.25, 0.3) is 0 Å². The molecule has 22 heavy (non-hydrogen) atoms. The van der Waals surface area contributed by atoms with Crippen LogP contribution in [0.3, 0.4) is 0 Å². The van der Waals surface area contributed by atoms with Crippen molar-refractivity contribution in [3.05, 3.63) is 23.8 Å². The van der Waals surface area contributed by atoms with Crippen molar-refractivity contribution in [1.82, 2.24) is 14.9 Å². The van der Waals surface area contributed by atoms with E-state index in [2.05, 4.69) is 10.3 Å². The van der Waals surface area contributed by atoms with Crippen molar-refractivity contribution in [2.75, 3.05) is 19.7 Å². The van der Waals surface area contributed by atoms with Gasteiger partial charge in [-0.1, -0.05) is 11.8 Å². The Labute approximate surface area is 134 Å². The Morgan fingerprint density at radius 2 is 2.41 bits per heavy atom. The fourth-order valence-electron chi connectivity index (χ4n) is 2.35. The molecule has 1 aliphatic heterocycles. The zero-order chi connectivity index (χ0) is 15.9. The first-order valence-electron chi connectivity index (χ1n) is 7.35. The van der Waals surface area contributed by atoms with Crippen molar-refractivity contribution in [2.45, 2.75) is 32.1 Å². The first-order chi connectivity index (χ1) is 10.6. The van der Waals surface area contributed by atoms with Crippen molar-refractivity contribution in [3.63, 3.8) is 0 Å². The summed E-state index contributed by atoms with van der Waals surface area (Å²) < 4.78 is 6.72. The van der Waals surface area contributed by atoms with Gasteiger partial charge in [0.15, 0.2) is 5.12 Å². The number of hydrogen-bond acceptors (Lipinski definition) is 6. The average molecular weight is 323 g/mol. The van der Waals surface area contributed by atoms with Gasteiger partial charge in [-0.15, -0.1) is 0 Å². The number of carbonyl (C=O) groups is 2. The van der Waals surface area contributed by atoms with E-state index in [1.807, 2.05) is 6.08 Å². The van der Waals surface area contributed by atoms with E-state index in [0.29, 0.717) is 12.4 Å².